The first-order valence-corrected chi connectivity index (χ1v) is 22.5. The highest BCUT2D eigenvalue weighted by Crippen LogP contribution is 2.29. The molecule has 7 aromatic carbocycles. The number of carbonyl (C=O) groups is 1. The van der Waals surface area contributed by atoms with Crippen LogP contribution in [0.25, 0.3) is 22.3 Å². The molecule has 2 fully saturated rings. The molecule has 1 N–H and O–H groups in total. The van der Waals surface area contributed by atoms with Gasteiger partial charge in [0.25, 0.3) is 5.91 Å². The maximum Gasteiger partial charge on any atom is 0.254 e. The first-order chi connectivity index (χ1) is 30.4. The number of nitrogens with one attached hydrogen (secondary N) is 1. The molecule has 0 unspecified atom stereocenters. The number of benzene rings is 7. The topological polar surface area (TPSA) is 38.8 Å². The zero-order chi connectivity index (χ0) is 42.5. The summed E-state index contributed by atoms with van der Waals surface area (Å²) in [6.07, 6.45) is 1.93. The first-order valence-electron chi connectivity index (χ1n) is 21.7. The first kappa shape index (κ1) is 43.1. The van der Waals surface area contributed by atoms with Crippen LogP contribution in [-0.2, 0) is 25.9 Å². The Morgan fingerprint density at radius 3 is 1.48 bits per heavy atom. The summed E-state index contributed by atoms with van der Waals surface area (Å²) in [6, 6.07) is 65.0. The maximum absolute atomic E-state index is 13.4. The predicted molar refractivity (Wildman–Crippen MR) is 258 cm³/mol. The van der Waals surface area contributed by atoms with Gasteiger partial charge in [-0.15, -0.1) is 0 Å². The highest BCUT2D eigenvalue weighted by molar-refractivity contribution is 6.33. The van der Waals surface area contributed by atoms with Gasteiger partial charge in [0.15, 0.2) is 0 Å². The smallest absolute Gasteiger partial charge is 0.254 e. The summed E-state index contributed by atoms with van der Waals surface area (Å²) in [5, 5.41) is 5.23. The number of piperazine rings is 2. The van der Waals surface area contributed by atoms with Crippen molar-refractivity contribution in [2.75, 3.05) is 39.3 Å². The van der Waals surface area contributed by atoms with Gasteiger partial charge in [-0.2, -0.15) is 0 Å². The third-order valence-corrected chi connectivity index (χ3v) is 12.6. The predicted octanol–water partition coefficient (Wildman–Crippen LogP) is 11.6. The Labute approximate surface area is 377 Å². The molecule has 2 aliphatic rings. The number of amides is 1. The van der Waals surface area contributed by atoms with Gasteiger partial charge in [-0.3, -0.25) is 14.6 Å². The molecule has 1 amide bonds. The molecule has 0 aliphatic carbocycles. The van der Waals surface area contributed by atoms with Crippen molar-refractivity contribution in [2.45, 2.75) is 38.0 Å². The molecule has 2 heterocycles. The molecule has 2 saturated heterocycles. The average Bonchev–Trinajstić information content (AvgIpc) is 3.31. The van der Waals surface area contributed by atoms with Crippen molar-refractivity contribution in [1.82, 2.24) is 20.0 Å². The van der Waals surface area contributed by atoms with Crippen molar-refractivity contribution < 1.29 is 4.79 Å². The summed E-state index contributed by atoms with van der Waals surface area (Å²) in [5.41, 5.74) is 10.5. The van der Waals surface area contributed by atoms with Gasteiger partial charge in [-0.05, 0) is 70.5 Å². The number of rotatable bonds is 11. The van der Waals surface area contributed by atoms with Crippen molar-refractivity contribution in [3.05, 3.63) is 226 Å². The second-order valence-electron chi connectivity index (χ2n) is 16.4. The monoisotopic (exact) mass is 856 g/mol. The standard InChI is InChI=1S/C31H29ClN2O.C24H25ClN2/c32-30-14-8-7-13-29(30)26-17-15-25(16-18-26)22-33-19-20-34(31(35)27-11-5-2-6-12-27)28(23-33)21-24-9-3-1-4-10-24;25-24-9-5-4-8-23(24)21-12-10-20(11-13-21)17-27-15-14-26-22(18-27)16-19-6-2-1-3-7-19/h1-18,28H,19-23H2;1-13,22,26H,14-18H2/t28-;22-/m11/s1. The van der Waals surface area contributed by atoms with E-state index in [4.69, 9.17) is 23.2 Å². The highest BCUT2D eigenvalue weighted by atomic mass is 35.5. The fraction of sp³-hybridized carbons (Fsp3) is 0.218. The molecule has 9 rings (SSSR count). The molecule has 0 bridgehead atoms. The SMILES string of the molecule is Clc1ccccc1-c1ccc(CN2CCN[C@H](Cc3ccccc3)C2)cc1.O=C(c1ccccc1)N1CCN(Cc2ccc(-c3ccccc3Cl)cc2)C[C@H]1Cc1ccccc1. The summed E-state index contributed by atoms with van der Waals surface area (Å²) in [5.74, 6) is 0.121. The van der Waals surface area contributed by atoms with Gasteiger partial charge < -0.3 is 10.2 Å². The van der Waals surface area contributed by atoms with Gasteiger partial charge in [0.2, 0.25) is 0 Å². The van der Waals surface area contributed by atoms with E-state index in [1.54, 1.807) is 0 Å². The summed E-state index contributed by atoms with van der Waals surface area (Å²) >= 11 is 12.7. The van der Waals surface area contributed by atoms with Crippen molar-refractivity contribution in [3.8, 4) is 22.3 Å². The summed E-state index contributed by atoms with van der Waals surface area (Å²) in [4.78, 5) is 20.4. The van der Waals surface area contributed by atoms with Gasteiger partial charge >= 0.3 is 0 Å². The lowest BCUT2D eigenvalue weighted by Gasteiger charge is -2.42. The highest BCUT2D eigenvalue weighted by Gasteiger charge is 2.31. The number of nitrogens with zero attached hydrogens (tertiary/aromatic N) is 3. The molecule has 5 nitrogen and oxygen atoms in total. The van der Waals surface area contributed by atoms with E-state index in [0.717, 1.165) is 97.5 Å². The van der Waals surface area contributed by atoms with E-state index in [-0.39, 0.29) is 11.9 Å². The third-order valence-electron chi connectivity index (χ3n) is 11.9. The van der Waals surface area contributed by atoms with Crippen LogP contribution in [0.4, 0.5) is 0 Å². The van der Waals surface area contributed by atoms with Crippen LogP contribution in [0.3, 0.4) is 0 Å². The van der Waals surface area contributed by atoms with E-state index < -0.39 is 0 Å². The fourth-order valence-corrected chi connectivity index (χ4v) is 9.19. The summed E-state index contributed by atoms with van der Waals surface area (Å²) in [7, 11) is 0. The molecule has 7 aromatic rings. The number of carbonyl (C=O) groups excluding carboxylic acids is 1. The molecule has 0 saturated carbocycles. The number of hydrogen-bond acceptors (Lipinski definition) is 4. The molecule has 7 heteroatoms. The van der Waals surface area contributed by atoms with Crippen LogP contribution in [-0.4, -0.2) is 72.0 Å². The molecular weight excluding hydrogens is 804 g/mol. The van der Waals surface area contributed by atoms with Crippen LogP contribution in [0.15, 0.2) is 188 Å². The van der Waals surface area contributed by atoms with Crippen molar-refractivity contribution in [3.63, 3.8) is 0 Å². The molecule has 0 spiro atoms. The van der Waals surface area contributed by atoms with E-state index >= 15 is 0 Å². The van der Waals surface area contributed by atoms with E-state index in [1.165, 1.54) is 27.8 Å². The van der Waals surface area contributed by atoms with Crippen LogP contribution in [0.5, 0.6) is 0 Å². The van der Waals surface area contributed by atoms with Crippen LogP contribution in [0.1, 0.15) is 32.6 Å². The lowest BCUT2D eigenvalue weighted by Crippen LogP contribution is -2.55. The normalized spacial score (nSPS) is 16.9. The van der Waals surface area contributed by atoms with Crippen molar-refractivity contribution >= 4 is 29.1 Å². The lowest BCUT2D eigenvalue weighted by atomic mass is 10.00. The summed E-state index contributed by atoms with van der Waals surface area (Å²) in [6.45, 7) is 7.52. The number of hydrogen-bond donors (Lipinski definition) is 1. The van der Waals surface area contributed by atoms with E-state index in [2.05, 4.69) is 135 Å². The molecule has 0 aromatic heterocycles. The Hall–Kier alpha value is -5.53. The minimum atomic E-state index is 0.121. The van der Waals surface area contributed by atoms with Gasteiger partial charge in [-0.1, -0.05) is 187 Å². The maximum atomic E-state index is 13.4. The third kappa shape index (κ3) is 11.7. The average molecular weight is 858 g/mol. The van der Waals surface area contributed by atoms with Crippen molar-refractivity contribution in [2.24, 2.45) is 0 Å². The largest absolute Gasteiger partial charge is 0.333 e. The van der Waals surface area contributed by atoms with Crippen LogP contribution >= 0.6 is 23.2 Å². The Bertz CT molecular complexity index is 2460. The van der Waals surface area contributed by atoms with Crippen molar-refractivity contribution in [1.29, 1.82) is 0 Å². The molecule has 62 heavy (non-hydrogen) atoms. The number of halogens is 2. The van der Waals surface area contributed by atoms with Gasteiger partial charge in [0.05, 0.1) is 0 Å². The lowest BCUT2D eigenvalue weighted by molar-refractivity contribution is 0.0439. The molecule has 2 aliphatic heterocycles. The Balaban J connectivity index is 0.000000176. The zero-order valence-electron chi connectivity index (χ0n) is 35.1. The minimum absolute atomic E-state index is 0.121. The molecule has 0 radical (unpaired) electrons. The van der Waals surface area contributed by atoms with Gasteiger partial charge in [0, 0.05) is 91.2 Å². The summed E-state index contributed by atoms with van der Waals surface area (Å²) < 4.78 is 0. The molecular formula is C55H54Cl2N4O. The van der Waals surface area contributed by atoms with E-state index in [1.807, 2.05) is 72.8 Å². The van der Waals surface area contributed by atoms with E-state index in [0.29, 0.717) is 6.04 Å². The second-order valence-corrected chi connectivity index (χ2v) is 17.2. The van der Waals surface area contributed by atoms with Crippen LogP contribution < -0.4 is 5.32 Å². The Kier molecular flexibility index (Phi) is 15.0. The van der Waals surface area contributed by atoms with Crippen LogP contribution in [0, 0.1) is 0 Å². The van der Waals surface area contributed by atoms with Gasteiger partial charge in [-0.25, -0.2) is 0 Å². The zero-order valence-corrected chi connectivity index (χ0v) is 36.6. The molecule has 314 valence electrons. The fourth-order valence-electron chi connectivity index (χ4n) is 8.70. The Morgan fingerprint density at radius 2 is 0.952 bits per heavy atom. The second kappa shape index (κ2) is 21.5. The van der Waals surface area contributed by atoms with Crippen LogP contribution in [0.2, 0.25) is 10.0 Å². The quantitative estimate of drug-likeness (QED) is 0.141. The molecule has 2 atom stereocenters. The minimum Gasteiger partial charge on any atom is -0.333 e. The Morgan fingerprint density at radius 1 is 0.484 bits per heavy atom. The van der Waals surface area contributed by atoms with E-state index in [9.17, 15) is 4.79 Å². The van der Waals surface area contributed by atoms with Gasteiger partial charge in [0.1, 0.15) is 0 Å².